The van der Waals surface area contributed by atoms with Crippen LogP contribution in [0.4, 0.5) is 0 Å². The standard InChI is InChI=1S/C16H29NOS.C16H30O3S.C14H27NOS.C14H29NOS.C14H27NOS.C13H25NOS.C11H24O2S2/c1-15(2,3)11-19-13-10-8-7-9-12(13)14(18)17-16(4,5)6;1-12(17)13(8-9-20-11-16(5,6)7)14(18)19-10-15(2,3)4;1-13(2,3)10-17-11-7-8-15(12(16)9-11)14(4,5)6;1-10(12(16)15-14(6,7)8)11(2)17-9-13(3,4)5;1-8-11(9-17-10-13(2,3)4)12(16)15-14(5,6)7;1-12(2,3)9-16-10-7-11(15)14(8-10)13(4,5)6;1-10(2,3)9-14-7-8-15(12,13)11(4,5)6/h7-11H2,1-6H3,(H,17,18);13H,8-11H2,1-7H3;11H,7-10H2,1-6H3;10-11H,9H2,1-8H3,(H,15,16);9H,8,10H2,1-7H3,(H,15,16);10H,7-9H2,1-6H3;7-9H2,1-6H3. The van der Waals surface area contributed by atoms with Crippen LogP contribution in [0, 0.1) is 55.2 Å². The first-order valence-corrected chi connectivity index (χ1v) is 53.9. The Bertz CT molecular complexity index is 3210. The smallest absolute Gasteiger partial charge is 0.316 e. The minimum absolute atomic E-state index is 0.0171. The molecule has 0 aromatic rings. The van der Waals surface area contributed by atoms with E-state index >= 15 is 0 Å². The van der Waals surface area contributed by atoms with Gasteiger partial charge in [-0.2, -0.15) is 58.8 Å². The Morgan fingerprint density at radius 1 is 0.504 bits per heavy atom. The molecule has 716 valence electrons. The zero-order chi connectivity index (χ0) is 96.4. The number of nitrogens with one attached hydrogen (secondary N) is 3. The Labute approximate surface area is 778 Å². The summed E-state index contributed by atoms with van der Waals surface area (Å²) >= 11 is 12.9. The predicted molar refractivity (Wildman–Crippen MR) is 546 cm³/mol. The number of ketones is 1. The van der Waals surface area contributed by atoms with Crippen molar-refractivity contribution in [2.24, 2.45) is 55.2 Å². The van der Waals surface area contributed by atoms with Gasteiger partial charge in [0.1, 0.15) is 11.7 Å². The number of carbonyl (C=O) groups excluding carboxylic acids is 7. The second-order valence-electron chi connectivity index (χ2n) is 49.2. The number of ether oxygens (including phenoxy) is 1. The summed E-state index contributed by atoms with van der Waals surface area (Å²) in [5, 5.41) is 12.5. The van der Waals surface area contributed by atoms with Crippen LogP contribution >= 0.6 is 82.3 Å². The molecule has 15 nitrogen and oxygen atoms in total. The van der Waals surface area contributed by atoms with Crippen molar-refractivity contribution in [2.45, 2.75) is 424 Å². The highest BCUT2D eigenvalue weighted by Gasteiger charge is 2.38. The largest absolute Gasteiger partial charge is 0.465 e. The summed E-state index contributed by atoms with van der Waals surface area (Å²) in [6, 6.07) is 0. The van der Waals surface area contributed by atoms with E-state index in [1.807, 2.05) is 159 Å². The van der Waals surface area contributed by atoms with Crippen molar-refractivity contribution in [3.05, 3.63) is 21.5 Å². The number of nitrogens with zero attached hydrogens (tertiary/aromatic N) is 2. The lowest BCUT2D eigenvalue weighted by atomic mass is 9.97. The highest BCUT2D eigenvalue weighted by molar-refractivity contribution is 8.03. The van der Waals surface area contributed by atoms with Gasteiger partial charge < -0.3 is 30.5 Å². The van der Waals surface area contributed by atoms with E-state index in [-0.39, 0.29) is 85.1 Å². The number of allylic oxidation sites excluding steroid dienone is 1. The molecule has 0 spiro atoms. The molecule has 2 saturated heterocycles. The average Bonchev–Trinajstić information content (AvgIpc) is 1.76. The predicted octanol–water partition coefficient (Wildman–Crippen LogP) is 25.8. The summed E-state index contributed by atoms with van der Waals surface area (Å²) in [6.45, 7) is 98.6. The third-order valence-corrected chi connectivity index (χ3v) is 32.2. The van der Waals surface area contributed by atoms with E-state index in [1.54, 1.807) is 56.1 Å². The molecule has 2 aliphatic heterocycles. The van der Waals surface area contributed by atoms with Crippen LogP contribution in [0.3, 0.4) is 0 Å². The molecular weight excluding hydrogens is 1660 g/mol. The van der Waals surface area contributed by atoms with E-state index in [1.165, 1.54) is 18.2 Å². The molecule has 0 saturated carbocycles. The number of thioether (sulfide) groups is 7. The monoisotopic (exact) mass is 1850 g/mol. The summed E-state index contributed by atoms with van der Waals surface area (Å²) in [5.74, 6) is 9.28. The van der Waals surface area contributed by atoms with E-state index < -0.39 is 20.5 Å². The number of sulfone groups is 1. The topological polar surface area (TPSA) is 205 Å². The lowest BCUT2D eigenvalue weighted by Gasteiger charge is -2.41. The van der Waals surface area contributed by atoms with E-state index in [9.17, 15) is 42.0 Å². The van der Waals surface area contributed by atoms with Gasteiger partial charge in [0.05, 0.1) is 17.1 Å². The van der Waals surface area contributed by atoms with Crippen LogP contribution in [-0.4, -0.2) is 185 Å². The SMILES string of the molecule is CC(=O)C(CCSCC(C)(C)C)C(=O)OCC(C)(C)C.CC(C)(C)CSC1=C(C(=O)NC(C)(C)C)CCCC1.CC(C)(C)CSC1CC(=O)N(C(C)(C)C)C1.CC(C)(C)CSC1CCN(C(C)(C)C)C(=O)C1.CC(C)(C)CSCCS(=O)(=O)C(C)(C)C.CC(SCC(C)(C)C)C(C)C(=O)NC(C)(C)C.CCC(=CSCC(C)(C)C)C(=O)NC(C)(C)C. The van der Waals surface area contributed by atoms with Crippen molar-refractivity contribution in [3.8, 4) is 0 Å². The van der Waals surface area contributed by atoms with Gasteiger partial charge in [0.2, 0.25) is 29.5 Å². The first-order chi connectivity index (χ1) is 53.6. The van der Waals surface area contributed by atoms with Gasteiger partial charge in [-0.1, -0.05) is 187 Å². The van der Waals surface area contributed by atoms with Crippen LogP contribution in [0.25, 0.3) is 0 Å². The molecule has 0 aromatic carbocycles. The number of carbonyl (C=O) groups is 7. The molecule has 3 N–H and O–H groups in total. The Hall–Kier alpha value is -1.63. The third kappa shape index (κ3) is 70.9. The fourth-order valence-corrected chi connectivity index (χ4v) is 20.4. The van der Waals surface area contributed by atoms with Gasteiger partial charge in [-0.05, 0) is 265 Å². The zero-order valence-electron chi connectivity index (χ0n) is 86.8. The molecule has 0 bridgehead atoms. The maximum atomic E-state index is 12.4. The van der Waals surface area contributed by atoms with Crippen molar-refractivity contribution < 1.29 is 46.7 Å². The number of likely N-dealkylation sites (tertiary alicyclic amines) is 2. The molecular formula is C98H191N5O10S8. The fraction of sp³-hybridized carbons (Fsp3) is 0.888. The van der Waals surface area contributed by atoms with Crippen LogP contribution in [0.5, 0.6) is 0 Å². The van der Waals surface area contributed by atoms with Crippen molar-refractivity contribution in [1.29, 1.82) is 0 Å². The van der Waals surface area contributed by atoms with Crippen LogP contribution in [0.2, 0.25) is 0 Å². The number of hydrogen-bond donors (Lipinski definition) is 3. The second kappa shape index (κ2) is 54.3. The Balaban J connectivity index is -0.000000661. The molecule has 5 unspecified atom stereocenters. The number of amides is 5. The van der Waals surface area contributed by atoms with Gasteiger partial charge in [0, 0.05) is 104 Å². The molecule has 2 fully saturated rings. The normalized spacial score (nSPS) is 17.4. The highest BCUT2D eigenvalue weighted by atomic mass is 32.2. The van der Waals surface area contributed by atoms with E-state index in [0.717, 1.165) is 115 Å². The van der Waals surface area contributed by atoms with E-state index in [2.05, 4.69) is 210 Å². The Morgan fingerprint density at radius 3 is 1.30 bits per heavy atom. The number of hydrogen-bond acceptors (Lipinski definition) is 17. The van der Waals surface area contributed by atoms with Gasteiger partial charge >= 0.3 is 5.97 Å². The maximum absolute atomic E-state index is 12.4. The molecule has 121 heavy (non-hydrogen) atoms. The molecule has 0 radical (unpaired) electrons. The zero-order valence-corrected chi connectivity index (χ0v) is 93.3. The van der Waals surface area contributed by atoms with Crippen molar-refractivity contribution >= 4 is 133 Å². The van der Waals surface area contributed by atoms with Crippen molar-refractivity contribution in [3.63, 3.8) is 0 Å². The van der Waals surface area contributed by atoms with Gasteiger partial charge in [-0.15, -0.1) is 23.5 Å². The summed E-state index contributed by atoms with van der Waals surface area (Å²) in [6.07, 6.45) is 8.31. The van der Waals surface area contributed by atoms with E-state index in [0.29, 0.717) is 73.4 Å². The quantitative estimate of drug-likeness (QED) is 0.0319. The van der Waals surface area contributed by atoms with Crippen molar-refractivity contribution in [1.82, 2.24) is 25.8 Å². The Morgan fingerprint density at radius 2 is 0.917 bits per heavy atom. The maximum Gasteiger partial charge on any atom is 0.316 e. The highest BCUT2D eigenvalue weighted by Crippen LogP contribution is 2.39. The fourth-order valence-electron chi connectivity index (χ4n) is 10.5. The molecule has 2 heterocycles. The summed E-state index contributed by atoms with van der Waals surface area (Å²) in [7, 11) is -2.94. The van der Waals surface area contributed by atoms with Gasteiger partial charge in [0.25, 0.3) is 0 Å². The van der Waals surface area contributed by atoms with Gasteiger partial charge in [0.15, 0.2) is 9.84 Å². The summed E-state index contributed by atoms with van der Waals surface area (Å²) in [5.41, 5.74) is 3.51. The summed E-state index contributed by atoms with van der Waals surface area (Å²) in [4.78, 5) is 89.2. The second-order valence-corrected chi connectivity index (χ2v) is 60.1. The third-order valence-electron chi connectivity index (χ3n) is 17.2. The Kier molecular flexibility index (Phi) is 56.3. The van der Waals surface area contributed by atoms with E-state index in [4.69, 9.17) is 4.74 Å². The molecule has 5 amide bonds. The van der Waals surface area contributed by atoms with Gasteiger partial charge in [-0.25, -0.2) is 8.42 Å². The number of rotatable bonds is 26. The van der Waals surface area contributed by atoms with Crippen LogP contribution in [-0.2, 0) is 48.1 Å². The van der Waals surface area contributed by atoms with Crippen LogP contribution in [0.1, 0.15) is 376 Å². The lowest BCUT2D eigenvalue weighted by molar-refractivity contribution is -0.154. The van der Waals surface area contributed by atoms with Crippen LogP contribution < -0.4 is 16.0 Å². The molecule has 0 aromatic heterocycles. The molecule has 5 atom stereocenters. The van der Waals surface area contributed by atoms with Crippen LogP contribution in [0.15, 0.2) is 21.5 Å². The average molecular weight is 1860 g/mol. The number of piperidine rings is 1. The molecule has 23 heteroatoms. The summed E-state index contributed by atoms with van der Waals surface area (Å²) < 4.78 is 28.2. The minimum atomic E-state index is -2.94. The minimum Gasteiger partial charge on any atom is -0.465 e. The number of esters is 1. The number of Topliss-reactive ketones (excluding diaryl/α,β-unsaturated/α-hetero) is 1. The first-order valence-electron chi connectivity index (χ1n) is 44.8. The lowest BCUT2D eigenvalue weighted by Crippen LogP contribution is -2.50. The first kappa shape index (κ1) is 126. The molecule has 3 rings (SSSR count). The van der Waals surface area contributed by atoms with Gasteiger partial charge in [-0.3, -0.25) is 33.6 Å². The molecule has 1 aliphatic carbocycles. The molecule has 3 aliphatic rings. The van der Waals surface area contributed by atoms with Crippen molar-refractivity contribution in [2.75, 3.05) is 77.2 Å².